The average molecular weight is 407 g/mol. The van der Waals surface area contributed by atoms with Crippen LogP contribution in [0.1, 0.15) is 113 Å². The molecule has 5 nitrogen and oxygen atoms in total. The van der Waals surface area contributed by atoms with Crippen molar-refractivity contribution in [1.29, 1.82) is 0 Å². The summed E-state index contributed by atoms with van der Waals surface area (Å²) in [6.45, 7) is 2.24. The van der Waals surface area contributed by atoms with E-state index in [2.05, 4.69) is 6.92 Å². The van der Waals surface area contributed by atoms with E-state index in [1.54, 1.807) is 0 Å². The third kappa shape index (κ3) is 10.9. The van der Waals surface area contributed by atoms with Crippen molar-refractivity contribution >= 4 is 11.8 Å². The second kappa shape index (κ2) is 14.9. The monoisotopic (exact) mass is 406 g/mol. The first-order valence-corrected chi connectivity index (χ1v) is 11.3. The van der Waals surface area contributed by atoms with Gasteiger partial charge in [-0.25, -0.2) is 4.79 Å². The minimum atomic E-state index is -1.30. The summed E-state index contributed by atoms with van der Waals surface area (Å²) in [5.74, 6) is -2.12. The van der Waals surface area contributed by atoms with Crippen molar-refractivity contribution in [2.75, 3.05) is 0 Å². The molecule has 1 aromatic carbocycles. The molecule has 164 valence electrons. The zero-order chi connectivity index (χ0) is 21.5. The number of aromatic hydroxyl groups is 2. The number of carbonyl (C=O) groups is 2. The van der Waals surface area contributed by atoms with Crippen molar-refractivity contribution in [1.82, 2.24) is 0 Å². The molecule has 0 aliphatic carbocycles. The number of carboxylic acids is 1. The number of aromatic carboxylic acids is 1. The smallest absolute Gasteiger partial charge is 0.339 e. The maximum absolute atomic E-state index is 12.2. The van der Waals surface area contributed by atoms with E-state index in [0.29, 0.717) is 6.42 Å². The molecule has 0 radical (unpaired) electrons. The number of unbranched alkanes of at least 4 members (excludes halogenated alkanes) is 12. The lowest BCUT2D eigenvalue weighted by molar-refractivity contribution is -0.118. The number of carboxylic acid groups (broad SMARTS) is 1. The van der Waals surface area contributed by atoms with Crippen LogP contribution in [0.4, 0.5) is 0 Å². The van der Waals surface area contributed by atoms with E-state index in [1.165, 1.54) is 70.3 Å². The summed E-state index contributed by atoms with van der Waals surface area (Å²) in [6, 6.07) is 2.22. The van der Waals surface area contributed by atoms with Crippen LogP contribution in [0.3, 0.4) is 0 Å². The average Bonchev–Trinajstić information content (AvgIpc) is 2.64. The third-order valence-electron chi connectivity index (χ3n) is 5.34. The van der Waals surface area contributed by atoms with Gasteiger partial charge in [0.15, 0.2) is 0 Å². The number of phenolic OH excluding ortho intramolecular Hbond substituents is 1. The number of rotatable bonds is 17. The molecule has 0 amide bonds. The fraction of sp³-hybridized carbons (Fsp3) is 0.667. The molecule has 0 saturated heterocycles. The van der Waals surface area contributed by atoms with Crippen molar-refractivity contribution in [3.8, 4) is 11.5 Å². The standard InChI is InChI=1S/C24H38O5/c1-2-3-4-5-6-7-8-9-10-11-12-13-14-15-20(25)16-19-17-21(26)18-22(27)23(19)24(28)29/h17-18,26-27H,2-16H2,1H3,(H,28,29). The van der Waals surface area contributed by atoms with Crippen LogP contribution in [0, 0.1) is 0 Å². The lowest BCUT2D eigenvalue weighted by Crippen LogP contribution is -2.09. The minimum Gasteiger partial charge on any atom is -0.508 e. The van der Waals surface area contributed by atoms with Gasteiger partial charge >= 0.3 is 5.97 Å². The topological polar surface area (TPSA) is 94.8 Å². The predicted octanol–water partition coefficient (Wildman–Crippen LogP) is 6.39. The van der Waals surface area contributed by atoms with Crippen LogP contribution < -0.4 is 0 Å². The Bertz CT molecular complexity index is 624. The van der Waals surface area contributed by atoms with Gasteiger partial charge in [0.2, 0.25) is 0 Å². The molecule has 0 heterocycles. The second-order valence-electron chi connectivity index (χ2n) is 8.01. The minimum absolute atomic E-state index is 0.0689. The molecular formula is C24H38O5. The van der Waals surface area contributed by atoms with Gasteiger partial charge in [-0.3, -0.25) is 4.79 Å². The van der Waals surface area contributed by atoms with Gasteiger partial charge in [-0.15, -0.1) is 0 Å². The largest absolute Gasteiger partial charge is 0.508 e. The number of Topliss-reactive ketones (excluding diaryl/α,β-unsaturated/α-hetero) is 1. The highest BCUT2D eigenvalue weighted by molar-refractivity contribution is 5.95. The van der Waals surface area contributed by atoms with Gasteiger partial charge in [0.1, 0.15) is 22.8 Å². The van der Waals surface area contributed by atoms with Gasteiger partial charge in [-0.1, -0.05) is 84.0 Å². The maximum atomic E-state index is 12.2. The Kier molecular flexibility index (Phi) is 12.8. The number of ketones is 1. The highest BCUT2D eigenvalue weighted by Gasteiger charge is 2.19. The molecule has 0 aliphatic heterocycles. The molecule has 5 heteroatoms. The van der Waals surface area contributed by atoms with E-state index in [1.807, 2.05) is 0 Å². The zero-order valence-corrected chi connectivity index (χ0v) is 17.9. The molecule has 0 unspecified atom stereocenters. The number of phenols is 2. The quantitative estimate of drug-likeness (QED) is 0.261. The molecule has 0 spiro atoms. The van der Waals surface area contributed by atoms with Crippen molar-refractivity contribution in [2.45, 2.75) is 103 Å². The molecular weight excluding hydrogens is 368 g/mol. The van der Waals surface area contributed by atoms with Gasteiger partial charge in [0.25, 0.3) is 0 Å². The summed E-state index contributed by atoms with van der Waals surface area (Å²) in [5.41, 5.74) is -0.142. The molecule has 0 fully saturated rings. The van der Waals surface area contributed by atoms with Crippen LogP contribution in [-0.2, 0) is 11.2 Å². The van der Waals surface area contributed by atoms with E-state index in [4.69, 9.17) is 0 Å². The number of carbonyl (C=O) groups excluding carboxylic acids is 1. The molecule has 0 saturated carbocycles. The zero-order valence-electron chi connectivity index (χ0n) is 17.9. The van der Waals surface area contributed by atoms with E-state index >= 15 is 0 Å². The van der Waals surface area contributed by atoms with Crippen molar-refractivity contribution in [2.24, 2.45) is 0 Å². The summed E-state index contributed by atoms with van der Waals surface area (Å²) >= 11 is 0. The molecule has 0 atom stereocenters. The number of benzene rings is 1. The Morgan fingerprint density at radius 1 is 0.759 bits per heavy atom. The SMILES string of the molecule is CCCCCCCCCCCCCCCC(=O)Cc1cc(O)cc(O)c1C(=O)O. The van der Waals surface area contributed by atoms with E-state index < -0.39 is 11.7 Å². The van der Waals surface area contributed by atoms with Gasteiger partial charge in [0.05, 0.1) is 0 Å². The molecule has 0 aromatic heterocycles. The molecule has 3 N–H and O–H groups in total. The fourth-order valence-corrected chi connectivity index (χ4v) is 3.70. The van der Waals surface area contributed by atoms with E-state index in [0.717, 1.165) is 25.3 Å². The Balaban J connectivity index is 2.12. The first-order chi connectivity index (χ1) is 14.0. The summed E-state index contributed by atoms with van der Waals surface area (Å²) in [6.07, 6.45) is 16.4. The van der Waals surface area contributed by atoms with E-state index in [-0.39, 0.29) is 29.1 Å². The Hall–Kier alpha value is -2.04. The van der Waals surface area contributed by atoms with Crippen LogP contribution >= 0.6 is 0 Å². The van der Waals surface area contributed by atoms with Crippen molar-refractivity contribution < 1.29 is 24.9 Å². The van der Waals surface area contributed by atoms with Crippen LogP contribution in [0.15, 0.2) is 12.1 Å². The molecule has 0 bridgehead atoms. The first kappa shape index (κ1) is 25.0. The van der Waals surface area contributed by atoms with Crippen LogP contribution in [-0.4, -0.2) is 27.1 Å². The van der Waals surface area contributed by atoms with Gasteiger partial charge < -0.3 is 15.3 Å². The maximum Gasteiger partial charge on any atom is 0.339 e. The van der Waals surface area contributed by atoms with Gasteiger partial charge in [-0.2, -0.15) is 0 Å². The number of hydrogen-bond acceptors (Lipinski definition) is 4. The summed E-state index contributed by atoms with van der Waals surface area (Å²) in [5, 5.41) is 28.4. The van der Waals surface area contributed by atoms with E-state index in [9.17, 15) is 24.9 Å². The van der Waals surface area contributed by atoms with Crippen LogP contribution in [0.2, 0.25) is 0 Å². The van der Waals surface area contributed by atoms with Crippen molar-refractivity contribution in [3.05, 3.63) is 23.3 Å². The van der Waals surface area contributed by atoms with Crippen LogP contribution in [0.25, 0.3) is 0 Å². The molecule has 29 heavy (non-hydrogen) atoms. The highest BCUT2D eigenvalue weighted by atomic mass is 16.4. The fourth-order valence-electron chi connectivity index (χ4n) is 3.70. The molecule has 1 aromatic rings. The lowest BCUT2D eigenvalue weighted by Gasteiger charge is -2.08. The number of hydrogen-bond donors (Lipinski definition) is 3. The lowest BCUT2D eigenvalue weighted by atomic mass is 9.98. The van der Waals surface area contributed by atoms with Crippen LogP contribution in [0.5, 0.6) is 11.5 Å². The van der Waals surface area contributed by atoms with Gasteiger partial charge in [0, 0.05) is 18.9 Å². The van der Waals surface area contributed by atoms with Crippen molar-refractivity contribution in [3.63, 3.8) is 0 Å². The van der Waals surface area contributed by atoms with Gasteiger partial charge in [-0.05, 0) is 18.1 Å². The first-order valence-electron chi connectivity index (χ1n) is 11.3. The predicted molar refractivity (Wildman–Crippen MR) is 116 cm³/mol. The Morgan fingerprint density at radius 2 is 1.24 bits per heavy atom. The molecule has 1 rings (SSSR count). The summed E-state index contributed by atoms with van der Waals surface area (Å²) in [4.78, 5) is 23.4. The summed E-state index contributed by atoms with van der Waals surface area (Å²) < 4.78 is 0. The normalized spacial score (nSPS) is 10.9. The third-order valence-corrected chi connectivity index (χ3v) is 5.34. The second-order valence-corrected chi connectivity index (χ2v) is 8.01. The Labute approximate surface area is 175 Å². The molecule has 0 aliphatic rings. The summed E-state index contributed by atoms with van der Waals surface area (Å²) in [7, 11) is 0. The Morgan fingerprint density at radius 3 is 1.72 bits per heavy atom. The highest BCUT2D eigenvalue weighted by Crippen LogP contribution is 2.28.